The Labute approximate surface area is 164 Å². The molecule has 0 atom stereocenters. The first-order valence-electron chi connectivity index (χ1n) is 8.95. The van der Waals surface area contributed by atoms with Crippen LogP contribution in [-0.2, 0) is 16.1 Å². The van der Waals surface area contributed by atoms with Crippen molar-refractivity contribution in [2.45, 2.75) is 19.9 Å². The molecule has 2 rings (SSSR count). The third kappa shape index (κ3) is 6.19. The van der Waals surface area contributed by atoms with Crippen LogP contribution in [0, 0.1) is 0 Å². The zero-order valence-corrected chi connectivity index (χ0v) is 16.3. The number of benzene rings is 2. The average molecular weight is 387 g/mol. The van der Waals surface area contributed by atoms with E-state index in [0.29, 0.717) is 30.4 Å². The number of rotatable bonds is 10. The molecule has 28 heavy (non-hydrogen) atoms. The van der Waals surface area contributed by atoms with Gasteiger partial charge in [0.25, 0.3) is 5.91 Å². The number of methoxy groups -OCH3 is 2. The van der Waals surface area contributed by atoms with E-state index < -0.39 is 11.9 Å². The lowest BCUT2D eigenvalue weighted by atomic mass is 10.2. The minimum atomic E-state index is -0.614. The van der Waals surface area contributed by atoms with Gasteiger partial charge in [-0.2, -0.15) is 0 Å². The van der Waals surface area contributed by atoms with Crippen LogP contribution in [0.3, 0.4) is 0 Å². The molecule has 1 amide bonds. The largest absolute Gasteiger partial charge is 0.497 e. The van der Waals surface area contributed by atoms with E-state index in [0.717, 1.165) is 12.0 Å². The molecule has 0 fully saturated rings. The quantitative estimate of drug-likeness (QED) is 0.631. The van der Waals surface area contributed by atoms with E-state index in [1.54, 1.807) is 19.2 Å². The summed E-state index contributed by atoms with van der Waals surface area (Å²) in [4.78, 5) is 24.1. The zero-order chi connectivity index (χ0) is 20.4. The van der Waals surface area contributed by atoms with Gasteiger partial charge in [-0.25, -0.2) is 4.79 Å². The van der Waals surface area contributed by atoms with Crippen molar-refractivity contribution in [2.24, 2.45) is 0 Å². The Kier molecular flexibility index (Phi) is 8.14. The fraction of sp³-hybridized carbons (Fsp3) is 0.333. The van der Waals surface area contributed by atoms with Crippen LogP contribution in [-0.4, -0.2) is 39.3 Å². The van der Waals surface area contributed by atoms with E-state index in [2.05, 4.69) is 5.32 Å². The molecule has 0 saturated carbocycles. The van der Waals surface area contributed by atoms with Crippen LogP contribution >= 0.6 is 0 Å². The van der Waals surface area contributed by atoms with Gasteiger partial charge in [0.2, 0.25) is 0 Å². The second-order valence-corrected chi connectivity index (χ2v) is 5.92. The fourth-order valence-electron chi connectivity index (χ4n) is 2.37. The summed E-state index contributed by atoms with van der Waals surface area (Å²) in [6.07, 6.45) is 0.859. The van der Waals surface area contributed by atoms with Gasteiger partial charge in [-0.05, 0) is 42.3 Å². The predicted molar refractivity (Wildman–Crippen MR) is 104 cm³/mol. The molecule has 7 heteroatoms. The summed E-state index contributed by atoms with van der Waals surface area (Å²) in [5, 5.41) is 2.70. The summed E-state index contributed by atoms with van der Waals surface area (Å²) in [5.74, 6) is 0.684. The number of amides is 1. The van der Waals surface area contributed by atoms with Crippen molar-refractivity contribution in [2.75, 3.05) is 27.4 Å². The predicted octanol–water partition coefficient (Wildman–Crippen LogP) is 2.97. The molecule has 0 aliphatic rings. The van der Waals surface area contributed by atoms with Gasteiger partial charge in [0.15, 0.2) is 18.1 Å². The maximum atomic E-state index is 12.2. The summed E-state index contributed by atoms with van der Waals surface area (Å²) in [6.45, 7) is 2.48. The first-order valence-corrected chi connectivity index (χ1v) is 8.95. The molecule has 0 radical (unpaired) electrons. The van der Waals surface area contributed by atoms with E-state index >= 15 is 0 Å². The van der Waals surface area contributed by atoms with E-state index in [1.165, 1.54) is 13.2 Å². The summed E-state index contributed by atoms with van der Waals surface area (Å²) in [5.41, 5.74) is 1.16. The Bertz CT molecular complexity index is 805. The number of hydrogen-bond acceptors (Lipinski definition) is 6. The lowest BCUT2D eigenvalue weighted by Crippen LogP contribution is -2.28. The summed E-state index contributed by atoms with van der Waals surface area (Å²) in [6, 6.07) is 12.1. The van der Waals surface area contributed by atoms with Crippen molar-refractivity contribution in [3.8, 4) is 17.2 Å². The Morgan fingerprint density at radius 3 is 2.54 bits per heavy atom. The Morgan fingerprint density at radius 1 is 1.00 bits per heavy atom. The molecule has 0 unspecified atom stereocenters. The van der Waals surface area contributed by atoms with Crippen molar-refractivity contribution in [1.82, 2.24) is 5.32 Å². The Morgan fingerprint density at radius 2 is 1.82 bits per heavy atom. The molecule has 0 aliphatic heterocycles. The third-order valence-corrected chi connectivity index (χ3v) is 3.82. The molecule has 0 bridgehead atoms. The number of ether oxygens (including phenoxy) is 4. The molecular weight excluding hydrogens is 362 g/mol. The maximum Gasteiger partial charge on any atom is 0.338 e. The van der Waals surface area contributed by atoms with Crippen LogP contribution < -0.4 is 19.5 Å². The third-order valence-electron chi connectivity index (χ3n) is 3.82. The minimum Gasteiger partial charge on any atom is -0.497 e. The van der Waals surface area contributed by atoms with Crippen LogP contribution in [0.5, 0.6) is 17.2 Å². The first-order chi connectivity index (χ1) is 13.6. The number of carbonyl (C=O) groups excluding carboxylic acids is 2. The standard InChI is InChI=1S/C21H25NO6/c1-4-10-27-18-9-8-16(12-19(18)26-3)21(24)28-14-20(23)22-13-15-6-5-7-17(11-15)25-2/h5-9,11-12H,4,10,13-14H2,1-3H3,(H,22,23). The van der Waals surface area contributed by atoms with Gasteiger partial charge in [0.05, 0.1) is 26.4 Å². The molecule has 0 heterocycles. The van der Waals surface area contributed by atoms with Crippen molar-refractivity contribution >= 4 is 11.9 Å². The normalized spacial score (nSPS) is 10.1. The van der Waals surface area contributed by atoms with Crippen molar-refractivity contribution in [3.63, 3.8) is 0 Å². The number of esters is 1. The summed E-state index contributed by atoms with van der Waals surface area (Å²) >= 11 is 0. The second-order valence-electron chi connectivity index (χ2n) is 5.92. The van der Waals surface area contributed by atoms with Gasteiger partial charge in [-0.3, -0.25) is 4.79 Å². The Balaban J connectivity index is 1.86. The highest BCUT2D eigenvalue weighted by Crippen LogP contribution is 2.28. The topological polar surface area (TPSA) is 83.1 Å². The van der Waals surface area contributed by atoms with Gasteiger partial charge in [-0.1, -0.05) is 19.1 Å². The number of nitrogens with one attached hydrogen (secondary N) is 1. The van der Waals surface area contributed by atoms with Crippen molar-refractivity contribution < 1.29 is 28.5 Å². The first kappa shape index (κ1) is 21.1. The highest BCUT2D eigenvalue weighted by molar-refractivity contribution is 5.92. The second kappa shape index (κ2) is 10.8. The van der Waals surface area contributed by atoms with Crippen LogP contribution in [0.1, 0.15) is 29.3 Å². The highest BCUT2D eigenvalue weighted by Gasteiger charge is 2.14. The molecule has 1 N–H and O–H groups in total. The Hall–Kier alpha value is -3.22. The van der Waals surface area contributed by atoms with Gasteiger partial charge in [0.1, 0.15) is 5.75 Å². The van der Waals surface area contributed by atoms with Crippen LogP contribution in [0.25, 0.3) is 0 Å². The maximum absolute atomic E-state index is 12.2. The van der Waals surface area contributed by atoms with Gasteiger partial charge in [-0.15, -0.1) is 0 Å². The summed E-state index contributed by atoms with van der Waals surface area (Å²) < 4.78 is 21.0. The monoisotopic (exact) mass is 387 g/mol. The van der Waals surface area contributed by atoms with E-state index in [4.69, 9.17) is 18.9 Å². The lowest BCUT2D eigenvalue weighted by Gasteiger charge is -2.11. The van der Waals surface area contributed by atoms with Gasteiger partial charge >= 0.3 is 5.97 Å². The van der Waals surface area contributed by atoms with Crippen molar-refractivity contribution in [1.29, 1.82) is 0 Å². The van der Waals surface area contributed by atoms with E-state index in [9.17, 15) is 9.59 Å². The molecule has 0 aromatic heterocycles. The number of hydrogen-bond donors (Lipinski definition) is 1. The van der Waals surface area contributed by atoms with Crippen LogP contribution in [0.15, 0.2) is 42.5 Å². The van der Waals surface area contributed by atoms with Crippen LogP contribution in [0.4, 0.5) is 0 Å². The molecule has 2 aromatic rings. The molecule has 0 aliphatic carbocycles. The summed E-state index contributed by atoms with van der Waals surface area (Å²) in [7, 11) is 3.07. The molecule has 7 nitrogen and oxygen atoms in total. The van der Waals surface area contributed by atoms with Gasteiger partial charge < -0.3 is 24.3 Å². The molecule has 0 saturated heterocycles. The lowest BCUT2D eigenvalue weighted by molar-refractivity contribution is -0.124. The molecule has 2 aromatic carbocycles. The SMILES string of the molecule is CCCOc1ccc(C(=O)OCC(=O)NCc2cccc(OC)c2)cc1OC. The number of carbonyl (C=O) groups is 2. The fourth-order valence-corrected chi connectivity index (χ4v) is 2.37. The zero-order valence-electron chi connectivity index (χ0n) is 16.3. The highest BCUT2D eigenvalue weighted by atomic mass is 16.5. The van der Waals surface area contributed by atoms with Crippen LogP contribution in [0.2, 0.25) is 0 Å². The van der Waals surface area contributed by atoms with Crippen molar-refractivity contribution in [3.05, 3.63) is 53.6 Å². The molecule has 0 spiro atoms. The smallest absolute Gasteiger partial charge is 0.338 e. The van der Waals surface area contributed by atoms with Gasteiger partial charge in [0, 0.05) is 6.54 Å². The minimum absolute atomic E-state index is 0.279. The van der Waals surface area contributed by atoms with E-state index in [-0.39, 0.29) is 12.2 Å². The average Bonchev–Trinajstić information content (AvgIpc) is 2.74. The van der Waals surface area contributed by atoms with E-state index in [1.807, 2.05) is 31.2 Å². The molecule has 150 valence electrons. The molecular formula is C21H25NO6.